The van der Waals surface area contributed by atoms with Crippen molar-refractivity contribution in [2.75, 3.05) is 11.9 Å². The molecule has 0 radical (unpaired) electrons. The van der Waals surface area contributed by atoms with Crippen molar-refractivity contribution in [3.05, 3.63) is 23.9 Å². The number of carboxylic acid groups (broad SMARTS) is 1. The fourth-order valence-electron chi connectivity index (χ4n) is 1.34. The lowest BCUT2D eigenvalue weighted by atomic mass is 10.1. The molecule has 2 N–H and O–H groups in total. The lowest BCUT2D eigenvalue weighted by molar-refractivity contribution is -0.141. The second kappa shape index (κ2) is 5.70. The van der Waals surface area contributed by atoms with Crippen LogP contribution < -0.4 is 5.32 Å². The van der Waals surface area contributed by atoms with E-state index in [-0.39, 0.29) is 12.4 Å². The molecule has 4 nitrogen and oxygen atoms in total. The van der Waals surface area contributed by atoms with Gasteiger partial charge >= 0.3 is 12.1 Å². The van der Waals surface area contributed by atoms with E-state index < -0.39 is 23.6 Å². The maximum Gasteiger partial charge on any atom is 0.416 e. The Morgan fingerprint density at radius 2 is 2.22 bits per heavy atom. The van der Waals surface area contributed by atoms with E-state index in [0.717, 1.165) is 18.3 Å². The number of nitrogens with one attached hydrogen (secondary N) is 1. The molecule has 0 aromatic carbocycles. The average molecular weight is 262 g/mol. The van der Waals surface area contributed by atoms with Crippen LogP contribution in [0.3, 0.4) is 0 Å². The highest BCUT2D eigenvalue weighted by Gasteiger charge is 2.30. The number of halogens is 3. The van der Waals surface area contributed by atoms with Gasteiger partial charge in [0.2, 0.25) is 0 Å². The van der Waals surface area contributed by atoms with Gasteiger partial charge in [-0.05, 0) is 18.6 Å². The summed E-state index contributed by atoms with van der Waals surface area (Å²) in [4.78, 5) is 14.5. The number of rotatable bonds is 5. The van der Waals surface area contributed by atoms with Crippen molar-refractivity contribution in [1.29, 1.82) is 0 Å². The Labute approximate surface area is 102 Å². The maximum atomic E-state index is 12.4. The Kier molecular flexibility index (Phi) is 4.52. The predicted molar refractivity (Wildman–Crippen MR) is 59.1 cm³/mol. The molecule has 18 heavy (non-hydrogen) atoms. The summed E-state index contributed by atoms with van der Waals surface area (Å²) in [7, 11) is 0. The number of carboxylic acids is 1. The molecular weight excluding hydrogens is 249 g/mol. The first-order valence-electron chi connectivity index (χ1n) is 5.34. The monoisotopic (exact) mass is 262 g/mol. The van der Waals surface area contributed by atoms with E-state index in [1.54, 1.807) is 6.92 Å². The molecule has 0 fully saturated rings. The average Bonchev–Trinajstić information content (AvgIpc) is 2.28. The smallest absolute Gasteiger partial charge is 0.416 e. The van der Waals surface area contributed by atoms with Gasteiger partial charge in [0.1, 0.15) is 5.82 Å². The summed E-state index contributed by atoms with van der Waals surface area (Å²) < 4.78 is 37.2. The molecule has 100 valence electrons. The lowest BCUT2D eigenvalue weighted by Crippen LogP contribution is -2.22. The van der Waals surface area contributed by atoms with E-state index in [0.29, 0.717) is 6.42 Å². The number of aliphatic carboxylic acids is 1. The molecule has 0 aliphatic carbocycles. The summed E-state index contributed by atoms with van der Waals surface area (Å²) in [5.41, 5.74) is -0.816. The minimum absolute atomic E-state index is 0.0181. The van der Waals surface area contributed by atoms with Gasteiger partial charge in [-0.1, -0.05) is 6.92 Å². The van der Waals surface area contributed by atoms with Crippen LogP contribution in [0.1, 0.15) is 18.9 Å². The Hall–Kier alpha value is -1.79. The first-order chi connectivity index (χ1) is 8.34. The molecule has 7 heteroatoms. The van der Waals surface area contributed by atoms with Crippen molar-refractivity contribution in [3.63, 3.8) is 0 Å². The molecule has 0 aliphatic heterocycles. The predicted octanol–water partition coefficient (Wildman–Crippen LogP) is 2.62. The minimum Gasteiger partial charge on any atom is -0.481 e. The lowest BCUT2D eigenvalue weighted by Gasteiger charge is -2.13. The van der Waals surface area contributed by atoms with Crippen LogP contribution in [0.25, 0.3) is 0 Å². The van der Waals surface area contributed by atoms with E-state index in [1.807, 2.05) is 0 Å². The minimum atomic E-state index is -4.43. The first kappa shape index (κ1) is 14.3. The van der Waals surface area contributed by atoms with E-state index in [9.17, 15) is 18.0 Å². The van der Waals surface area contributed by atoms with Gasteiger partial charge in [-0.3, -0.25) is 4.79 Å². The van der Waals surface area contributed by atoms with Crippen LogP contribution in [-0.2, 0) is 11.0 Å². The van der Waals surface area contributed by atoms with Gasteiger partial charge in [-0.25, -0.2) is 4.98 Å². The van der Waals surface area contributed by atoms with Crippen molar-refractivity contribution in [3.8, 4) is 0 Å². The van der Waals surface area contributed by atoms with Crippen LogP contribution in [0, 0.1) is 5.92 Å². The second-order valence-electron chi connectivity index (χ2n) is 3.75. The number of anilines is 1. The van der Waals surface area contributed by atoms with Crippen molar-refractivity contribution in [2.45, 2.75) is 19.5 Å². The van der Waals surface area contributed by atoms with Gasteiger partial charge in [0, 0.05) is 12.7 Å². The Morgan fingerprint density at radius 3 is 2.72 bits per heavy atom. The summed E-state index contributed by atoms with van der Waals surface area (Å²) in [6.07, 6.45) is -3.01. The van der Waals surface area contributed by atoms with Crippen LogP contribution in [0.15, 0.2) is 18.3 Å². The number of aromatic nitrogens is 1. The Balaban J connectivity index is 2.71. The highest BCUT2D eigenvalue weighted by Crippen LogP contribution is 2.29. The first-order valence-corrected chi connectivity index (χ1v) is 5.34. The standard InChI is InChI=1S/C11H13F3N2O2/c1-2-7(10(17)18)6-16-9-5-8(3-4-15-9)11(12,13)14/h3-5,7H,2,6H2,1H3,(H,15,16)(H,17,18). The van der Waals surface area contributed by atoms with Crippen molar-refractivity contribution in [2.24, 2.45) is 5.92 Å². The summed E-state index contributed by atoms with van der Waals surface area (Å²) in [6, 6.07) is 1.72. The molecule has 0 saturated heterocycles. The number of hydrogen-bond donors (Lipinski definition) is 2. The topological polar surface area (TPSA) is 62.2 Å². The largest absolute Gasteiger partial charge is 0.481 e. The zero-order valence-corrected chi connectivity index (χ0v) is 9.66. The Morgan fingerprint density at radius 1 is 1.56 bits per heavy atom. The quantitative estimate of drug-likeness (QED) is 0.856. The molecule has 0 amide bonds. The number of pyridine rings is 1. The van der Waals surface area contributed by atoms with Crippen LogP contribution >= 0.6 is 0 Å². The summed E-state index contributed by atoms with van der Waals surface area (Å²) in [6.45, 7) is 1.74. The number of nitrogens with zero attached hydrogens (tertiary/aromatic N) is 1. The molecular formula is C11H13F3N2O2. The molecule has 1 rings (SSSR count). The third kappa shape index (κ3) is 3.90. The number of carbonyl (C=O) groups is 1. The molecule has 0 saturated carbocycles. The van der Waals surface area contributed by atoms with Gasteiger partial charge < -0.3 is 10.4 Å². The zero-order valence-electron chi connectivity index (χ0n) is 9.66. The summed E-state index contributed by atoms with van der Waals surface area (Å²) in [5.74, 6) is -1.62. The van der Waals surface area contributed by atoms with E-state index in [1.165, 1.54) is 0 Å². The fraction of sp³-hybridized carbons (Fsp3) is 0.455. The molecule has 0 aliphatic rings. The highest BCUT2D eigenvalue weighted by molar-refractivity contribution is 5.70. The third-order valence-electron chi connectivity index (χ3n) is 2.46. The van der Waals surface area contributed by atoms with E-state index in [2.05, 4.69) is 10.3 Å². The maximum absolute atomic E-state index is 12.4. The molecule has 0 spiro atoms. The third-order valence-corrected chi connectivity index (χ3v) is 2.46. The highest BCUT2D eigenvalue weighted by atomic mass is 19.4. The van der Waals surface area contributed by atoms with Crippen LogP contribution in [-0.4, -0.2) is 22.6 Å². The van der Waals surface area contributed by atoms with Crippen molar-refractivity contribution in [1.82, 2.24) is 4.98 Å². The van der Waals surface area contributed by atoms with Crippen LogP contribution in [0.5, 0.6) is 0 Å². The van der Waals surface area contributed by atoms with Gasteiger partial charge in [0.25, 0.3) is 0 Å². The SMILES string of the molecule is CCC(CNc1cc(C(F)(F)F)ccn1)C(=O)O. The number of alkyl halides is 3. The van der Waals surface area contributed by atoms with Gasteiger partial charge in [-0.2, -0.15) is 13.2 Å². The molecule has 1 heterocycles. The summed E-state index contributed by atoms with van der Waals surface area (Å²) in [5, 5.41) is 11.4. The molecule has 1 aromatic heterocycles. The van der Waals surface area contributed by atoms with Gasteiger partial charge in [0.05, 0.1) is 11.5 Å². The molecule has 1 aromatic rings. The fourth-order valence-corrected chi connectivity index (χ4v) is 1.34. The van der Waals surface area contributed by atoms with Crippen molar-refractivity contribution >= 4 is 11.8 Å². The molecule has 0 bridgehead atoms. The molecule has 1 atom stereocenters. The van der Waals surface area contributed by atoms with Crippen molar-refractivity contribution < 1.29 is 23.1 Å². The number of hydrogen-bond acceptors (Lipinski definition) is 3. The van der Waals surface area contributed by atoms with E-state index in [4.69, 9.17) is 5.11 Å². The van der Waals surface area contributed by atoms with Crippen LogP contribution in [0.2, 0.25) is 0 Å². The van der Waals surface area contributed by atoms with Gasteiger partial charge in [-0.15, -0.1) is 0 Å². The zero-order chi connectivity index (χ0) is 13.8. The van der Waals surface area contributed by atoms with Crippen LogP contribution in [0.4, 0.5) is 19.0 Å². The van der Waals surface area contributed by atoms with Gasteiger partial charge in [0.15, 0.2) is 0 Å². The molecule has 1 unspecified atom stereocenters. The van der Waals surface area contributed by atoms with E-state index >= 15 is 0 Å². The Bertz CT molecular complexity index is 421. The summed E-state index contributed by atoms with van der Waals surface area (Å²) >= 11 is 0. The second-order valence-corrected chi connectivity index (χ2v) is 3.75. The normalized spacial score (nSPS) is 13.1.